The first kappa shape index (κ1) is 18.0. The second-order valence-electron chi connectivity index (χ2n) is 10.9. The van der Waals surface area contributed by atoms with E-state index >= 15 is 0 Å². The average molecular weight is 582 g/mol. The highest BCUT2D eigenvalue weighted by molar-refractivity contribution is 6.25. The Morgan fingerprint density at radius 1 is 0.400 bits per heavy atom. The number of benzene rings is 8. The van der Waals surface area contributed by atoms with Gasteiger partial charge in [-0.25, -0.2) is 0 Å². The topological polar surface area (TPSA) is 13.1 Å². The molecule has 45 heavy (non-hydrogen) atoms. The molecule has 9 rings (SSSR count). The zero-order valence-electron chi connectivity index (χ0n) is 32.9. The first-order valence-electron chi connectivity index (χ1n) is 19.2. The molecule has 1 heterocycles. The molecule has 0 N–H and O–H groups in total. The van der Waals surface area contributed by atoms with Crippen molar-refractivity contribution in [1.29, 1.82) is 0 Å². The van der Waals surface area contributed by atoms with Crippen LogP contribution in [0.1, 0.15) is 12.3 Å². The summed E-state index contributed by atoms with van der Waals surface area (Å²) in [6, 6.07) is 33.0. The molecule has 0 atom stereocenters. The molecule has 210 valence electrons. The Kier molecular flexibility index (Phi) is 4.15. The Morgan fingerprint density at radius 3 is 1.78 bits per heavy atom. The van der Waals surface area contributed by atoms with Crippen LogP contribution in [0.3, 0.4) is 0 Å². The van der Waals surface area contributed by atoms with Gasteiger partial charge in [-0.15, -0.1) is 0 Å². The van der Waals surface area contributed by atoms with Crippen molar-refractivity contribution in [2.75, 3.05) is 0 Å². The molecular weight excluding hydrogens is 544 g/mol. The van der Waals surface area contributed by atoms with Crippen LogP contribution < -0.4 is 0 Å². The third-order valence-corrected chi connectivity index (χ3v) is 8.43. The van der Waals surface area contributed by atoms with Gasteiger partial charge in [0.25, 0.3) is 0 Å². The van der Waals surface area contributed by atoms with Gasteiger partial charge in [0.2, 0.25) is 0 Å². The van der Waals surface area contributed by atoms with E-state index in [2.05, 4.69) is 30.3 Å². The Balaban J connectivity index is 1.40. The van der Waals surface area contributed by atoms with Gasteiger partial charge in [-0.05, 0) is 90.3 Å². The van der Waals surface area contributed by atoms with Crippen molar-refractivity contribution in [3.8, 4) is 44.5 Å². The third kappa shape index (κ3) is 4.17. The van der Waals surface area contributed by atoms with Crippen LogP contribution in [0.25, 0.3) is 88.0 Å². The molecule has 9 aromatic rings. The Hall–Kier alpha value is -5.92. The minimum Gasteiger partial charge on any atom is -0.456 e. The summed E-state index contributed by atoms with van der Waals surface area (Å²) in [6.07, 6.45) is 0. The highest BCUT2D eigenvalue weighted by Crippen LogP contribution is 2.47. The predicted octanol–water partition coefficient (Wildman–Crippen LogP) is 12.6. The van der Waals surface area contributed by atoms with Crippen LogP contribution in [0.5, 0.6) is 0 Å². The number of hydrogen-bond donors (Lipinski definition) is 0. The molecule has 0 aliphatic rings. The van der Waals surface area contributed by atoms with Gasteiger partial charge in [0, 0.05) is 10.8 Å². The van der Waals surface area contributed by atoms with Crippen LogP contribution in [0, 0.1) is 0 Å². The van der Waals surface area contributed by atoms with Gasteiger partial charge in [0.05, 0.1) is 12.3 Å². The normalized spacial score (nSPS) is 14.4. The molecule has 0 amide bonds. The molecule has 1 nitrogen and oxygen atoms in total. The molecule has 1 heteroatoms. The molecule has 0 fully saturated rings. The first-order valence-corrected chi connectivity index (χ1v) is 14.7. The van der Waals surface area contributed by atoms with Crippen molar-refractivity contribution < 1.29 is 16.8 Å². The standard InChI is InChI=1S/C44H28O/c1-3-13-29(14-4-1)31-17-11-18-33(27-31)42-34-19-7-9-21-36(34)43(37-22-10-8-20-35(37)42)38-23-12-24-41-44(38)39-28-32(25-26-40(39)45-41)30-15-5-2-6-16-30/h1-28H/i1D,3D,4D,11D,13D,14D,17D,18D,27D. The van der Waals surface area contributed by atoms with Gasteiger partial charge in [-0.1, -0.05) is 145 Å². The van der Waals surface area contributed by atoms with Crippen molar-refractivity contribution in [2.24, 2.45) is 0 Å². The lowest BCUT2D eigenvalue weighted by Crippen LogP contribution is -1.91. The molecule has 0 spiro atoms. The summed E-state index contributed by atoms with van der Waals surface area (Å²) in [5.74, 6) is 0. The van der Waals surface area contributed by atoms with Gasteiger partial charge in [-0.2, -0.15) is 0 Å². The second kappa shape index (κ2) is 10.4. The average Bonchev–Trinajstić information content (AvgIpc) is 3.58. The molecule has 0 radical (unpaired) electrons. The van der Waals surface area contributed by atoms with Gasteiger partial charge in [-0.3, -0.25) is 0 Å². The molecule has 0 aliphatic heterocycles. The third-order valence-electron chi connectivity index (χ3n) is 8.43. The zero-order valence-corrected chi connectivity index (χ0v) is 23.9. The van der Waals surface area contributed by atoms with Crippen molar-refractivity contribution >= 4 is 43.5 Å². The maximum absolute atomic E-state index is 9.55. The summed E-state index contributed by atoms with van der Waals surface area (Å²) < 4.78 is 85.0. The number of furan rings is 1. The lowest BCUT2D eigenvalue weighted by Gasteiger charge is -2.18. The fraction of sp³-hybridized carbons (Fsp3) is 0. The van der Waals surface area contributed by atoms with Crippen LogP contribution in [0.2, 0.25) is 0 Å². The highest BCUT2D eigenvalue weighted by atomic mass is 16.3. The predicted molar refractivity (Wildman–Crippen MR) is 190 cm³/mol. The van der Waals surface area contributed by atoms with Crippen LogP contribution in [0.4, 0.5) is 0 Å². The summed E-state index contributed by atoms with van der Waals surface area (Å²) >= 11 is 0. The fourth-order valence-corrected chi connectivity index (χ4v) is 6.50. The van der Waals surface area contributed by atoms with Crippen LogP contribution >= 0.6 is 0 Å². The second-order valence-corrected chi connectivity index (χ2v) is 10.9. The lowest BCUT2D eigenvalue weighted by molar-refractivity contribution is 0.669. The van der Waals surface area contributed by atoms with Crippen LogP contribution in [0.15, 0.2) is 174 Å². The Bertz CT molecular complexity index is 2960. The first-order chi connectivity index (χ1) is 26.1. The molecule has 0 saturated carbocycles. The van der Waals surface area contributed by atoms with E-state index in [-0.39, 0.29) is 28.8 Å². The minimum atomic E-state index is -0.607. The molecule has 1 aromatic heterocycles. The zero-order chi connectivity index (χ0) is 37.6. The smallest absolute Gasteiger partial charge is 0.136 e. The molecule has 0 bridgehead atoms. The lowest BCUT2D eigenvalue weighted by atomic mass is 9.84. The Morgan fingerprint density at radius 2 is 1.04 bits per heavy atom. The van der Waals surface area contributed by atoms with E-state index in [9.17, 15) is 2.74 Å². The van der Waals surface area contributed by atoms with Crippen molar-refractivity contribution in [3.05, 3.63) is 170 Å². The molecular formula is C44H28O. The molecule has 0 saturated heterocycles. The van der Waals surface area contributed by atoms with Gasteiger partial charge in [0.15, 0.2) is 0 Å². The maximum atomic E-state index is 9.55. The number of fused-ring (bicyclic) bond motifs is 5. The monoisotopic (exact) mass is 581 g/mol. The summed E-state index contributed by atoms with van der Waals surface area (Å²) in [7, 11) is 0. The Labute approximate surface area is 274 Å². The van der Waals surface area contributed by atoms with E-state index in [0.29, 0.717) is 16.3 Å². The van der Waals surface area contributed by atoms with Crippen LogP contribution in [-0.4, -0.2) is 0 Å². The highest BCUT2D eigenvalue weighted by Gasteiger charge is 2.20. The summed E-state index contributed by atoms with van der Waals surface area (Å²) in [5.41, 5.74) is 5.33. The largest absolute Gasteiger partial charge is 0.456 e. The van der Waals surface area contributed by atoms with E-state index in [0.717, 1.165) is 55.0 Å². The summed E-state index contributed by atoms with van der Waals surface area (Å²) in [6.45, 7) is 0. The summed E-state index contributed by atoms with van der Waals surface area (Å²) in [4.78, 5) is 0. The van der Waals surface area contributed by atoms with Gasteiger partial charge in [0.1, 0.15) is 11.2 Å². The fourth-order valence-electron chi connectivity index (χ4n) is 6.50. The minimum absolute atomic E-state index is 0.0382. The van der Waals surface area contributed by atoms with Crippen LogP contribution in [-0.2, 0) is 0 Å². The van der Waals surface area contributed by atoms with E-state index < -0.39 is 42.3 Å². The van der Waals surface area contributed by atoms with Crippen molar-refractivity contribution in [1.82, 2.24) is 0 Å². The molecule has 0 unspecified atom stereocenters. The SMILES string of the molecule is [2H]c1c([2H])c([2H])c(-c2c([2H])c([2H])c([2H])c(-c3c4ccccc4c(-c4cccc5oc6ccc(-c7ccccc7)cc6c45)c4ccccc34)c2[2H])c([2H])c1[2H]. The summed E-state index contributed by atoms with van der Waals surface area (Å²) in [5, 5.41) is 4.90. The van der Waals surface area contributed by atoms with Crippen molar-refractivity contribution in [2.45, 2.75) is 0 Å². The number of rotatable bonds is 4. The van der Waals surface area contributed by atoms with E-state index in [1.807, 2.05) is 84.9 Å². The van der Waals surface area contributed by atoms with Gasteiger partial charge >= 0.3 is 0 Å². The van der Waals surface area contributed by atoms with Gasteiger partial charge < -0.3 is 4.42 Å². The quantitative estimate of drug-likeness (QED) is 0.188. The molecule has 8 aromatic carbocycles. The van der Waals surface area contributed by atoms with Crippen molar-refractivity contribution in [3.63, 3.8) is 0 Å². The van der Waals surface area contributed by atoms with E-state index in [4.69, 9.17) is 14.0 Å². The van der Waals surface area contributed by atoms with E-state index in [1.165, 1.54) is 0 Å². The number of hydrogen-bond acceptors (Lipinski definition) is 1. The van der Waals surface area contributed by atoms with E-state index in [1.54, 1.807) is 0 Å². The molecule has 0 aliphatic carbocycles. The maximum Gasteiger partial charge on any atom is 0.136 e.